The van der Waals surface area contributed by atoms with E-state index in [4.69, 9.17) is 17.3 Å². The van der Waals surface area contributed by atoms with Gasteiger partial charge in [0.1, 0.15) is 0 Å². The molecular formula is C13H11ClN4. The van der Waals surface area contributed by atoms with Gasteiger partial charge in [-0.1, -0.05) is 29.8 Å². The Morgan fingerprint density at radius 3 is 2.72 bits per heavy atom. The van der Waals surface area contributed by atoms with Crippen molar-refractivity contribution in [2.75, 3.05) is 0 Å². The Morgan fingerprint density at radius 2 is 1.94 bits per heavy atom. The Balaban J connectivity index is 2.23. The molecule has 0 radical (unpaired) electrons. The summed E-state index contributed by atoms with van der Waals surface area (Å²) in [6.45, 7) is 0.419. The van der Waals surface area contributed by atoms with Crippen LogP contribution in [0.5, 0.6) is 0 Å². The minimum atomic E-state index is 0.419. The average Bonchev–Trinajstić information content (AvgIpc) is 2.82. The van der Waals surface area contributed by atoms with E-state index in [9.17, 15) is 0 Å². The van der Waals surface area contributed by atoms with E-state index in [0.29, 0.717) is 17.4 Å². The van der Waals surface area contributed by atoms with Crippen LogP contribution in [0, 0.1) is 0 Å². The molecule has 0 saturated carbocycles. The van der Waals surface area contributed by atoms with Gasteiger partial charge in [0.25, 0.3) is 0 Å². The summed E-state index contributed by atoms with van der Waals surface area (Å²) < 4.78 is 1.75. The van der Waals surface area contributed by atoms with Gasteiger partial charge in [0.15, 0.2) is 11.5 Å². The Morgan fingerprint density at radius 1 is 1.11 bits per heavy atom. The fourth-order valence-electron chi connectivity index (χ4n) is 1.87. The second kappa shape index (κ2) is 4.40. The van der Waals surface area contributed by atoms with E-state index in [1.807, 2.05) is 42.5 Å². The lowest BCUT2D eigenvalue weighted by Gasteiger charge is -1.99. The average molecular weight is 259 g/mol. The quantitative estimate of drug-likeness (QED) is 0.768. The minimum absolute atomic E-state index is 0.419. The first-order chi connectivity index (χ1) is 8.79. The van der Waals surface area contributed by atoms with Crippen molar-refractivity contribution in [3.8, 4) is 11.4 Å². The molecule has 0 saturated heterocycles. The summed E-state index contributed by atoms with van der Waals surface area (Å²) in [4.78, 5) is 4.46. The number of fused-ring (bicyclic) bond motifs is 1. The third-order valence-electron chi connectivity index (χ3n) is 2.76. The molecule has 0 fully saturated rings. The standard InChI is InChI=1S/C13H11ClN4/c14-11-6-2-1-5-10(11)13-16-12-7-3-4-9(8-15)18(12)17-13/h1-7H,8,15H2. The monoisotopic (exact) mass is 258 g/mol. The van der Waals surface area contributed by atoms with Crippen LogP contribution < -0.4 is 5.73 Å². The fourth-order valence-corrected chi connectivity index (χ4v) is 2.09. The van der Waals surface area contributed by atoms with E-state index in [0.717, 1.165) is 16.9 Å². The Kier molecular flexibility index (Phi) is 2.74. The van der Waals surface area contributed by atoms with Crippen LogP contribution in [-0.4, -0.2) is 14.6 Å². The second-order valence-electron chi connectivity index (χ2n) is 3.91. The molecule has 0 spiro atoms. The highest BCUT2D eigenvalue weighted by Crippen LogP contribution is 2.25. The lowest BCUT2D eigenvalue weighted by molar-refractivity contribution is 0.852. The first kappa shape index (κ1) is 11.2. The van der Waals surface area contributed by atoms with Crippen LogP contribution in [0.15, 0.2) is 42.5 Å². The van der Waals surface area contributed by atoms with Gasteiger partial charge < -0.3 is 5.73 Å². The van der Waals surface area contributed by atoms with Crippen LogP contribution in [0.4, 0.5) is 0 Å². The molecule has 2 heterocycles. The molecule has 2 N–H and O–H groups in total. The number of benzene rings is 1. The molecule has 90 valence electrons. The largest absolute Gasteiger partial charge is 0.325 e. The van der Waals surface area contributed by atoms with Crippen LogP contribution in [0.3, 0.4) is 0 Å². The number of hydrogen-bond donors (Lipinski definition) is 1. The number of aromatic nitrogens is 3. The van der Waals surface area contributed by atoms with Crippen molar-refractivity contribution in [2.45, 2.75) is 6.54 Å². The zero-order valence-corrected chi connectivity index (χ0v) is 10.3. The van der Waals surface area contributed by atoms with Gasteiger partial charge in [-0.25, -0.2) is 9.50 Å². The van der Waals surface area contributed by atoms with Crippen molar-refractivity contribution in [3.63, 3.8) is 0 Å². The number of nitrogens with zero attached hydrogens (tertiary/aromatic N) is 3. The van der Waals surface area contributed by atoms with Crippen molar-refractivity contribution >= 4 is 17.2 Å². The summed E-state index contributed by atoms with van der Waals surface area (Å²) in [5.74, 6) is 0.613. The maximum atomic E-state index is 6.15. The van der Waals surface area contributed by atoms with Crippen molar-refractivity contribution < 1.29 is 0 Å². The van der Waals surface area contributed by atoms with Crippen LogP contribution in [0.25, 0.3) is 17.0 Å². The Labute approximate surface area is 109 Å². The summed E-state index contributed by atoms with van der Waals surface area (Å²) in [6.07, 6.45) is 0. The zero-order valence-electron chi connectivity index (χ0n) is 9.55. The molecule has 4 nitrogen and oxygen atoms in total. The molecule has 0 unspecified atom stereocenters. The number of hydrogen-bond acceptors (Lipinski definition) is 3. The van der Waals surface area contributed by atoms with Crippen molar-refractivity contribution in [1.29, 1.82) is 0 Å². The van der Waals surface area contributed by atoms with E-state index in [2.05, 4.69) is 10.1 Å². The van der Waals surface area contributed by atoms with Gasteiger partial charge >= 0.3 is 0 Å². The summed E-state index contributed by atoms with van der Waals surface area (Å²) in [7, 11) is 0. The summed E-state index contributed by atoms with van der Waals surface area (Å²) in [5, 5.41) is 5.10. The molecule has 0 bridgehead atoms. The normalized spacial score (nSPS) is 11.0. The number of nitrogens with two attached hydrogens (primary N) is 1. The molecule has 3 rings (SSSR count). The third-order valence-corrected chi connectivity index (χ3v) is 3.09. The van der Waals surface area contributed by atoms with Gasteiger partial charge in [-0.2, -0.15) is 0 Å². The molecule has 0 aliphatic rings. The fraction of sp³-hybridized carbons (Fsp3) is 0.0769. The van der Waals surface area contributed by atoms with Crippen LogP contribution in [0.2, 0.25) is 5.02 Å². The number of rotatable bonds is 2. The van der Waals surface area contributed by atoms with Gasteiger partial charge in [-0.3, -0.25) is 0 Å². The van der Waals surface area contributed by atoms with E-state index < -0.39 is 0 Å². The van der Waals surface area contributed by atoms with Gasteiger partial charge in [0, 0.05) is 12.1 Å². The lowest BCUT2D eigenvalue weighted by atomic mass is 10.2. The van der Waals surface area contributed by atoms with Crippen LogP contribution in [-0.2, 0) is 6.54 Å². The molecule has 3 aromatic rings. The van der Waals surface area contributed by atoms with E-state index >= 15 is 0 Å². The third kappa shape index (κ3) is 1.75. The van der Waals surface area contributed by atoms with E-state index in [1.165, 1.54) is 0 Å². The highest BCUT2D eigenvalue weighted by molar-refractivity contribution is 6.33. The van der Waals surface area contributed by atoms with E-state index in [-0.39, 0.29) is 0 Å². The Hall–Kier alpha value is -1.91. The molecule has 2 aromatic heterocycles. The van der Waals surface area contributed by atoms with Crippen molar-refractivity contribution in [1.82, 2.24) is 14.6 Å². The SMILES string of the molecule is NCc1cccc2nc(-c3ccccc3Cl)nn12. The molecule has 18 heavy (non-hydrogen) atoms. The predicted octanol–water partition coefficient (Wildman–Crippen LogP) is 2.51. The summed E-state index contributed by atoms with van der Waals surface area (Å²) in [5.41, 5.74) is 8.19. The van der Waals surface area contributed by atoms with Crippen molar-refractivity contribution in [2.24, 2.45) is 5.73 Å². The maximum Gasteiger partial charge on any atom is 0.183 e. The molecule has 0 aliphatic carbocycles. The number of pyridine rings is 1. The van der Waals surface area contributed by atoms with Gasteiger partial charge in [-0.15, -0.1) is 5.10 Å². The van der Waals surface area contributed by atoms with Gasteiger partial charge in [0.05, 0.1) is 10.7 Å². The molecule has 5 heteroatoms. The van der Waals surface area contributed by atoms with E-state index in [1.54, 1.807) is 4.52 Å². The molecular weight excluding hydrogens is 248 g/mol. The summed E-state index contributed by atoms with van der Waals surface area (Å²) >= 11 is 6.15. The molecule has 1 aromatic carbocycles. The van der Waals surface area contributed by atoms with Gasteiger partial charge in [0.2, 0.25) is 0 Å². The van der Waals surface area contributed by atoms with Crippen LogP contribution in [0.1, 0.15) is 5.69 Å². The van der Waals surface area contributed by atoms with Crippen molar-refractivity contribution in [3.05, 3.63) is 53.2 Å². The smallest absolute Gasteiger partial charge is 0.183 e. The topological polar surface area (TPSA) is 56.2 Å². The predicted molar refractivity (Wildman–Crippen MR) is 71.3 cm³/mol. The second-order valence-corrected chi connectivity index (χ2v) is 4.31. The summed E-state index contributed by atoms with van der Waals surface area (Å²) in [6, 6.07) is 13.3. The first-order valence-electron chi connectivity index (χ1n) is 5.59. The zero-order chi connectivity index (χ0) is 12.5. The molecule has 0 atom stereocenters. The molecule has 0 amide bonds. The van der Waals surface area contributed by atoms with Gasteiger partial charge in [-0.05, 0) is 24.3 Å². The lowest BCUT2D eigenvalue weighted by Crippen LogP contribution is -2.04. The number of halogens is 1. The minimum Gasteiger partial charge on any atom is -0.325 e. The highest BCUT2D eigenvalue weighted by Gasteiger charge is 2.10. The Bertz CT molecular complexity index is 705. The first-order valence-corrected chi connectivity index (χ1v) is 5.97. The molecule has 0 aliphatic heterocycles. The van der Waals surface area contributed by atoms with Crippen LogP contribution >= 0.6 is 11.6 Å². The maximum absolute atomic E-state index is 6.15. The highest BCUT2D eigenvalue weighted by atomic mass is 35.5.